The highest BCUT2D eigenvalue weighted by Crippen LogP contribution is 2.43. The van der Waals surface area contributed by atoms with Gasteiger partial charge in [-0.15, -0.1) is 0 Å². The standard InChI is InChI=1S/C30H25NO/c1-21-12-11-19-25-26(20-31-29(21)25)27(22-13-5-2-6-14-22)28(23-15-7-3-8-16-23)30(32)24-17-9-4-10-18-24/h2-20,27-28,31H,1H3. The van der Waals surface area contributed by atoms with Gasteiger partial charge in [-0.05, 0) is 29.2 Å². The molecule has 5 aromatic rings. The number of aromatic amines is 1. The van der Waals surface area contributed by atoms with E-state index in [1.165, 1.54) is 10.9 Å². The van der Waals surface area contributed by atoms with Crippen LogP contribution in [0.1, 0.15) is 44.4 Å². The zero-order valence-corrected chi connectivity index (χ0v) is 18.0. The van der Waals surface area contributed by atoms with E-state index in [0.717, 1.165) is 27.8 Å². The zero-order chi connectivity index (χ0) is 21.9. The number of carbonyl (C=O) groups is 1. The molecule has 5 rings (SSSR count). The SMILES string of the molecule is Cc1cccc2c(C(c3ccccc3)C(C(=O)c3ccccc3)c3ccccc3)c[nH]c12. The van der Waals surface area contributed by atoms with Gasteiger partial charge in [-0.3, -0.25) is 4.79 Å². The predicted octanol–water partition coefficient (Wildman–Crippen LogP) is 7.27. The summed E-state index contributed by atoms with van der Waals surface area (Å²) in [5, 5.41) is 1.17. The fourth-order valence-electron chi connectivity index (χ4n) is 4.73. The minimum Gasteiger partial charge on any atom is -0.361 e. The van der Waals surface area contributed by atoms with E-state index in [1.807, 2.05) is 54.6 Å². The first-order chi connectivity index (χ1) is 15.7. The van der Waals surface area contributed by atoms with Crippen molar-refractivity contribution < 1.29 is 4.79 Å². The highest BCUT2D eigenvalue weighted by molar-refractivity contribution is 6.02. The molecule has 156 valence electrons. The molecule has 0 saturated carbocycles. The van der Waals surface area contributed by atoms with E-state index in [9.17, 15) is 4.79 Å². The smallest absolute Gasteiger partial charge is 0.171 e. The molecule has 0 bridgehead atoms. The molecule has 0 radical (unpaired) electrons. The minimum absolute atomic E-state index is 0.123. The molecule has 0 spiro atoms. The van der Waals surface area contributed by atoms with Crippen LogP contribution in [0.5, 0.6) is 0 Å². The van der Waals surface area contributed by atoms with Crippen LogP contribution in [0, 0.1) is 6.92 Å². The fraction of sp³-hybridized carbons (Fsp3) is 0.100. The van der Waals surface area contributed by atoms with Crippen LogP contribution in [0.4, 0.5) is 0 Å². The van der Waals surface area contributed by atoms with Crippen LogP contribution in [0.15, 0.2) is 115 Å². The number of rotatable bonds is 6. The number of carbonyl (C=O) groups excluding carboxylic acids is 1. The molecule has 0 aliphatic carbocycles. The van der Waals surface area contributed by atoms with E-state index in [0.29, 0.717) is 0 Å². The Kier molecular flexibility index (Phi) is 5.43. The number of hydrogen-bond donors (Lipinski definition) is 1. The number of hydrogen-bond acceptors (Lipinski definition) is 1. The summed E-state index contributed by atoms with van der Waals surface area (Å²) in [5.74, 6) is -0.338. The maximum Gasteiger partial charge on any atom is 0.171 e. The van der Waals surface area contributed by atoms with Crippen LogP contribution in [0.25, 0.3) is 10.9 Å². The average Bonchev–Trinajstić information content (AvgIpc) is 3.29. The van der Waals surface area contributed by atoms with Crippen LogP contribution < -0.4 is 0 Å². The molecule has 1 aromatic heterocycles. The third-order valence-corrected chi connectivity index (χ3v) is 6.28. The third-order valence-electron chi connectivity index (χ3n) is 6.28. The van der Waals surface area contributed by atoms with Crippen molar-refractivity contribution in [3.63, 3.8) is 0 Å². The van der Waals surface area contributed by atoms with Crippen LogP contribution in [0.3, 0.4) is 0 Å². The molecule has 2 unspecified atom stereocenters. The van der Waals surface area contributed by atoms with E-state index >= 15 is 0 Å². The van der Waals surface area contributed by atoms with E-state index in [-0.39, 0.29) is 17.6 Å². The summed E-state index contributed by atoms with van der Waals surface area (Å²) in [4.78, 5) is 17.5. The number of ketones is 1. The number of fused-ring (bicyclic) bond motifs is 1. The van der Waals surface area contributed by atoms with E-state index in [2.05, 4.69) is 72.7 Å². The van der Waals surface area contributed by atoms with Gasteiger partial charge in [0.1, 0.15) is 0 Å². The molecule has 0 aliphatic rings. The maximum atomic E-state index is 14.0. The van der Waals surface area contributed by atoms with Gasteiger partial charge in [0.05, 0.1) is 5.92 Å². The summed E-state index contributed by atoms with van der Waals surface area (Å²) in [5.41, 5.74) is 6.37. The Labute approximate surface area is 188 Å². The van der Waals surface area contributed by atoms with Crippen molar-refractivity contribution in [3.8, 4) is 0 Å². The number of Topliss-reactive ketones (excluding diaryl/α,β-unsaturated/α-hetero) is 1. The second-order valence-electron chi connectivity index (χ2n) is 8.25. The summed E-state index contributed by atoms with van der Waals surface area (Å²) in [6, 6.07) is 36.6. The molecular weight excluding hydrogens is 390 g/mol. The molecule has 1 N–H and O–H groups in total. The number of nitrogens with one attached hydrogen (secondary N) is 1. The predicted molar refractivity (Wildman–Crippen MR) is 131 cm³/mol. The normalized spacial score (nSPS) is 13.0. The van der Waals surface area contributed by atoms with Gasteiger partial charge in [-0.25, -0.2) is 0 Å². The van der Waals surface area contributed by atoms with Gasteiger partial charge >= 0.3 is 0 Å². The Morgan fingerprint density at radius 3 is 1.94 bits per heavy atom. The van der Waals surface area contributed by atoms with Crippen molar-refractivity contribution in [2.45, 2.75) is 18.8 Å². The summed E-state index contributed by atoms with van der Waals surface area (Å²) in [7, 11) is 0. The first kappa shape index (κ1) is 20.0. The van der Waals surface area contributed by atoms with E-state index < -0.39 is 0 Å². The van der Waals surface area contributed by atoms with Crippen LogP contribution in [-0.2, 0) is 0 Å². The number of para-hydroxylation sites is 1. The van der Waals surface area contributed by atoms with Gasteiger partial charge in [-0.1, -0.05) is 109 Å². The molecule has 2 nitrogen and oxygen atoms in total. The molecule has 1 heterocycles. The number of aryl methyl sites for hydroxylation is 1. The number of benzene rings is 4. The number of aromatic nitrogens is 1. The van der Waals surface area contributed by atoms with Crippen molar-refractivity contribution in [3.05, 3.63) is 143 Å². The molecule has 0 saturated heterocycles. The van der Waals surface area contributed by atoms with Gasteiger partial charge in [-0.2, -0.15) is 0 Å². The second-order valence-corrected chi connectivity index (χ2v) is 8.25. The monoisotopic (exact) mass is 415 g/mol. The summed E-state index contributed by atoms with van der Waals surface area (Å²) < 4.78 is 0. The minimum atomic E-state index is -0.347. The first-order valence-corrected chi connectivity index (χ1v) is 11.0. The Morgan fingerprint density at radius 1 is 0.688 bits per heavy atom. The molecule has 0 fully saturated rings. The molecule has 0 amide bonds. The lowest BCUT2D eigenvalue weighted by atomic mass is 9.73. The van der Waals surface area contributed by atoms with Crippen molar-refractivity contribution in [2.75, 3.05) is 0 Å². The van der Waals surface area contributed by atoms with Crippen molar-refractivity contribution in [2.24, 2.45) is 0 Å². The second kappa shape index (κ2) is 8.68. The highest BCUT2D eigenvalue weighted by Gasteiger charge is 2.34. The topological polar surface area (TPSA) is 32.9 Å². The molecule has 0 aliphatic heterocycles. The van der Waals surface area contributed by atoms with Gasteiger partial charge in [0, 0.05) is 28.6 Å². The number of H-pyrrole nitrogens is 1. The first-order valence-electron chi connectivity index (χ1n) is 11.0. The van der Waals surface area contributed by atoms with Gasteiger partial charge in [0.2, 0.25) is 0 Å². The molecule has 4 aromatic carbocycles. The van der Waals surface area contributed by atoms with Gasteiger partial charge in [0.15, 0.2) is 5.78 Å². The van der Waals surface area contributed by atoms with Crippen LogP contribution in [-0.4, -0.2) is 10.8 Å². The van der Waals surface area contributed by atoms with E-state index in [1.54, 1.807) is 0 Å². The fourth-order valence-corrected chi connectivity index (χ4v) is 4.73. The van der Waals surface area contributed by atoms with Crippen molar-refractivity contribution in [1.29, 1.82) is 0 Å². The van der Waals surface area contributed by atoms with Gasteiger partial charge < -0.3 is 4.98 Å². The zero-order valence-electron chi connectivity index (χ0n) is 18.0. The largest absolute Gasteiger partial charge is 0.361 e. The van der Waals surface area contributed by atoms with Crippen molar-refractivity contribution in [1.82, 2.24) is 4.98 Å². The molecule has 32 heavy (non-hydrogen) atoms. The van der Waals surface area contributed by atoms with E-state index in [4.69, 9.17) is 0 Å². The molecule has 2 heteroatoms. The maximum absolute atomic E-state index is 14.0. The quantitative estimate of drug-likeness (QED) is 0.291. The Morgan fingerprint density at radius 2 is 1.28 bits per heavy atom. The van der Waals surface area contributed by atoms with Crippen LogP contribution >= 0.6 is 0 Å². The Balaban J connectivity index is 1.77. The lowest BCUT2D eigenvalue weighted by Gasteiger charge is -2.27. The molecular formula is C30H25NO. The van der Waals surface area contributed by atoms with Crippen LogP contribution in [0.2, 0.25) is 0 Å². The Bertz CT molecular complexity index is 1340. The van der Waals surface area contributed by atoms with Gasteiger partial charge in [0.25, 0.3) is 0 Å². The lowest BCUT2D eigenvalue weighted by molar-refractivity contribution is 0.0952. The third kappa shape index (κ3) is 3.65. The van der Waals surface area contributed by atoms with Crippen molar-refractivity contribution >= 4 is 16.7 Å². The highest BCUT2D eigenvalue weighted by atomic mass is 16.1. The summed E-state index contributed by atoms with van der Waals surface area (Å²) >= 11 is 0. The Hall–Kier alpha value is -3.91. The lowest BCUT2D eigenvalue weighted by Crippen LogP contribution is -2.22. The average molecular weight is 416 g/mol. The molecule has 2 atom stereocenters. The summed E-state index contributed by atoms with van der Waals surface area (Å²) in [6.45, 7) is 2.12. The summed E-state index contributed by atoms with van der Waals surface area (Å²) in [6.07, 6.45) is 2.09.